The second kappa shape index (κ2) is 5.96. The Hall–Kier alpha value is -1.47. The van der Waals surface area contributed by atoms with Gasteiger partial charge in [0.1, 0.15) is 18.3 Å². The number of aryl methyl sites for hydroxylation is 1. The molecule has 0 fully saturated rings. The maximum Gasteiger partial charge on any atom is 0.161 e. The van der Waals surface area contributed by atoms with Crippen LogP contribution in [0, 0.1) is 6.92 Å². The molecular formula is C14H12Cl2N4OS. The van der Waals surface area contributed by atoms with Crippen LogP contribution in [0.1, 0.15) is 16.0 Å². The Morgan fingerprint density at radius 1 is 1.27 bits per heavy atom. The van der Waals surface area contributed by atoms with Crippen molar-refractivity contribution in [2.75, 3.05) is 0 Å². The van der Waals surface area contributed by atoms with Crippen LogP contribution in [0.25, 0.3) is 0 Å². The van der Waals surface area contributed by atoms with E-state index in [9.17, 15) is 5.11 Å². The van der Waals surface area contributed by atoms with Crippen LogP contribution in [-0.4, -0.2) is 24.2 Å². The van der Waals surface area contributed by atoms with E-state index in [2.05, 4.69) is 14.5 Å². The van der Waals surface area contributed by atoms with E-state index in [1.54, 1.807) is 4.68 Å². The van der Waals surface area contributed by atoms with Gasteiger partial charge >= 0.3 is 0 Å². The van der Waals surface area contributed by atoms with Crippen molar-refractivity contribution in [3.8, 4) is 0 Å². The fraction of sp³-hybridized carbons (Fsp3) is 0.214. The third kappa shape index (κ3) is 2.75. The van der Waals surface area contributed by atoms with Gasteiger partial charge in [-0.05, 0) is 24.0 Å². The first-order valence-electron chi connectivity index (χ1n) is 6.44. The molecule has 3 rings (SSSR count). The van der Waals surface area contributed by atoms with Gasteiger partial charge in [0.15, 0.2) is 5.15 Å². The first-order valence-corrected chi connectivity index (χ1v) is 7.97. The summed E-state index contributed by atoms with van der Waals surface area (Å²) in [6, 6.07) is 7.57. The Morgan fingerprint density at radius 2 is 2.00 bits per heavy atom. The topological polar surface area (TPSA) is 63.8 Å². The molecule has 0 saturated carbocycles. The molecule has 1 atom stereocenters. The molecule has 0 amide bonds. The minimum absolute atomic E-state index is 0.161. The van der Waals surface area contributed by atoms with Crippen LogP contribution in [0.2, 0.25) is 10.2 Å². The number of nitrogens with zero attached hydrogens (tertiary/aromatic N) is 4. The number of benzene rings is 1. The van der Waals surface area contributed by atoms with Gasteiger partial charge in [-0.1, -0.05) is 53.0 Å². The zero-order valence-corrected chi connectivity index (χ0v) is 13.9. The SMILES string of the molecule is Cc1ccc(C(O)(Cn2cncn2)c2snc(Cl)c2Cl)cc1. The molecule has 0 spiro atoms. The van der Waals surface area contributed by atoms with Gasteiger partial charge < -0.3 is 5.11 Å². The summed E-state index contributed by atoms with van der Waals surface area (Å²) in [7, 11) is 0. The molecule has 1 N–H and O–H groups in total. The maximum atomic E-state index is 11.3. The normalized spacial score (nSPS) is 14.0. The Labute approximate surface area is 141 Å². The number of rotatable bonds is 4. The van der Waals surface area contributed by atoms with Crippen LogP contribution in [0.4, 0.5) is 0 Å². The molecule has 0 aliphatic rings. The number of hydrogen-bond donors (Lipinski definition) is 1. The van der Waals surface area contributed by atoms with Crippen molar-refractivity contribution in [1.82, 2.24) is 19.1 Å². The van der Waals surface area contributed by atoms with Crippen LogP contribution >= 0.6 is 34.7 Å². The number of halogens is 2. The lowest BCUT2D eigenvalue weighted by molar-refractivity contribution is 0.0610. The van der Waals surface area contributed by atoms with Crippen LogP contribution in [0.3, 0.4) is 0 Å². The third-order valence-corrected chi connectivity index (χ3v) is 5.31. The van der Waals surface area contributed by atoms with Crippen LogP contribution in [-0.2, 0) is 12.1 Å². The monoisotopic (exact) mass is 354 g/mol. The summed E-state index contributed by atoms with van der Waals surface area (Å²) >= 11 is 13.3. The summed E-state index contributed by atoms with van der Waals surface area (Å²) in [5, 5.41) is 15.9. The number of aromatic nitrogens is 4. The van der Waals surface area contributed by atoms with Crippen LogP contribution < -0.4 is 0 Å². The highest BCUT2D eigenvalue weighted by atomic mass is 35.5. The van der Waals surface area contributed by atoms with Crippen LogP contribution in [0.15, 0.2) is 36.9 Å². The van der Waals surface area contributed by atoms with Crippen molar-refractivity contribution in [2.24, 2.45) is 0 Å². The molecule has 3 aromatic rings. The van der Waals surface area contributed by atoms with E-state index in [0.717, 1.165) is 17.1 Å². The molecule has 0 bridgehead atoms. The van der Waals surface area contributed by atoms with E-state index < -0.39 is 5.60 Å². The highest BCUT2D eigenvalue weighted by Crippen LogP contribution is 2.41. The standard InChI is InChI=1S/C14H12Cl2N4OS/c1-9-2-4-10(5-3-9)14(21,6-20-8-17-7-18-20)12-11(15)13(16)19-22-12/h2-5,7-8,21H,6H2,1H3. The van der Waals surface area contributed by atoms with E-state index >= 15 is 0 Å². The highest BCUT2D eigenvalue weighted by molar-refractivity contribution is 7.07. The molecule has 0 radical (unpaired) electrons. The summed E-state index contributed by atoms with van der Waals surface area (Å²) in [5.41, 5.74) is 0.402. The fourth-order valence-corrected chi connectivity index (χ4v) is 3.57. The lowest BCUT2D eigenvalue weighted by atomic mass is 9.91. The minimum atomic E-state index is -1.39. The first-order chi connectivity index (χ1) is 10.5. The molecule has 2 aromatic heterocycles. The number of aliphatic hydroxyl groups is 1. The quantitative estimate of drug-likeness (QED) is 0.780. The largest absolute Gasteiger partial charge is 0.377 e. The third-order valence-electron chi connectivity index (χ3n) is 3.36. The minimum Gasteiger partial charge on any atom is -0.377 e. The van der Waals surface area contributed by atoms with Gasteiger partial charge in [0.2, 0.25) is 0 Å². The molecule has 1 unspecified atom stereocenters. The lowest BCUT2D eigenvalue weighted by Gasteiger charge is -2.27. The van der Waals surface area contributed by atoms with Crippen molar-refractivity contribution >= 4 is 34.7 Å². The van der Waals surface area contributed by atoms with E-state index in [0.29, 0.717) is 10.4 Å². The van der Waals surface area contributed by atoms with E-state index in [1.807, 2.05) is 31.2 Å². The molecular weight excluding hydrogens is 343 g/mol. The highest BCUT2D eigenvalue weighted by Gasteiger charge is 2.37. The second-order valence-corrected chi connectivity index (χ2v) is 6.45. The molecule has 0 aliphatic carbocycles. The molecule has 1 aromatic carbocycles. The first kappa shape index (κ1) is 15.4. The molecule has 0 saturated heterocycles. The summed E-state index contributed by atoms with van der Waals surface area (Å²) in [6.07, 6.45) is 2.95. The Balaban J connectivity index is 2.12. The van der Waals surface area contributed by atoms with Gasteiger partial charge in [-0.2, -0.15) is 9.47 Å². The molecule has 114 valence electrons. The van der Waals surface area contributed by atoms with Gasteiger partial charge in [0, 0.05) is 0 Å². The van der Waals surface area contributed by atoms with Crippen molar-refractivity contribution in [3.63, 3.8) is 0 Å². The number of hydrogen-bond acceptors (Lipinski definition) is 5. The predicted molar refractivity (Wildman–Crippen MR) is 86.3 cm³/mol. The Bertz CT molecular complexity index is 773. The molecule has 0 aliphatic heterocycles. The van der Waals surface area contributed by atoms with Crippen molar-refractivity contribution in [3.05, 3.63) is 63.1 Å². The lowest BCUT2D eigenvalue weighted by Crippen LogP contribution is -2.32. The van der Waals surface area contributed by atoms with Gasteiger partial charge in [-0.25, -0.2) is 9.67 Å². The van der Waals surface area contributed by atoms with E-state index in [-0.39, 0.29) is 16.7 Å². The molecule has 2 heterocycles. The van der Waals surface area contributed by atoms with Crippen molar-refractivity contribution < 1.29 is 5.11 Å². The van der Waals surface area contributed by atoms with E-state index in [1.165, 1.54) is 12.7 Å². The van der Waals surface area contributed by atoms with Crippen molar-refractivity contribution in [2.45, 2.75) is 19.1 Å². The second-order valence-electron chi connectivity index (χ2n) is 4.94. The molecule has 8 heteroatoms. The summed E-state index contributed by atoms with van der Waals surface area (Å²) in [5.74, 6) is 0. The maximum absolute atomic E-state index is 11.3. The summed E-state index contributed by atoms with van der Waals surface area (Å²) < 4.78 is 5.57. The average Bonchev–Trinajstić information content (AvgIpc) is 3.11. The fourth-order valence-electron chi connectivity index (χ4n) is 2.19. The summed E-state index contributed by atoms with van der Waals surface area (Å²) in [4.78, 5) is 4.39. The predicted octanol–water partition coefficient (Wildman–Crippen LogP) is 3.29. The van der Waals surface area contributed by atoms with Crippen LogP contribution in [0.5, 0.6) is 0 Å². The smallest absolute Gasteiger partial charge is 0.161 e. The summed E-state index contributed by atoms with van der Waals surface area (Å²) in [6.45, 7) is 2.14. The zero-order valence-electron chi connectivity index (χ0n) is 11.6. The Morgan fingerprint density at radius 3 is 2.55 bits per heavy atom. The van der Waals surface area contributed by atoms with Gasteiger partial charge in [0.05, 0.1) is 16.4 Å². The molecule has 22 heavy (non-hydrogen) atoms. The van der Waals surface area contributed by atoms with Gasteiger partial charge in [-0.15, -0.1) is 0 Å². The van der Waals surface area contributed by atoms with E-state index in [4.69, 9.17) is 23.2 Å². The Kier molecular flexibility index (Phi) is 4.18. The van der Waals surface area contributed by atoms with Gasteiger partial charge in [0.25, 0.3) is 0 Å². The molecule has 5 nitrogen and oxygen atoms in total. The average molecular weight is 355 g/mol. The zero-order chi connectivity index (χ0) is 15.7. The van der Waals surface area contributed by atoms with Crippen molar-refractivity contribution in [1.29, 1.82) is 0 Å². The van der Waals surface area contributed by atoms with Gasteiger partial charge in [-0.3, -0.25) is 0 Å².